The zero-order valence-electron chi connectivity index (χ0n) is 3.67. The van der Waals surface area contributed by atoms with Gasteiger partial charge < -0.3 is 10.4 Å². The van der Waals surface area contributed by atoms with Crippen LogP contribution in [0.3, 0.4) is 0 Å². The van der Waals surface area contributed by atoms with Gasteiger partial charge in [-0.1, -0.05) is 10.2 Å². The second-order valence-electron chi connectivity index (χ2n) is 0.953. The Bertz CT molecular complexity index is 63.2. The second kappa shape index (κ2) is 2.59. The second-order valence-corrected chi connectivity index (χ2v) is 0.953. The van der Waals surface area contributed by atoms with Gasteiger partial charge in [-0.25, -0.2) is 0 Å². The van der Waals surface area contributed by atoms with Crippen molar-refractivity contribution in [2.24, 2.45) is 5.29 Å². The van der Waals surface area contributed by atoms with Crippen LogP contribution >= 0.6 is 0 Å². The van der Waals surface area contributed by atoms with Crippen molar-refractivity contribution in [1.82, 2.24) is 0 Å². The van der Waals surface area contributed by atoms with Crippen molar-refractivity contribution in [2.45, 2.75) is 0 Å². The van der Waals surface area contributed by atoms with Crippen molar-refractivity contribution in [3.05, 3.63) is 15.3 Å². The van der Waals surface area contributed by atoms with Crippen molar-refractivity contribution in [3.8, 4) is 0 Å². The SMILES string of the molecule is C[NH+]([O-])[NH+]([O-])N=O. The first kappa shape index (κ1) is 6.44. The van der Waals surface area contributed by atoms with Crippen LogP contribution in [0.2, 0.25) is 0 Å². The van der Waals surface area contributed by atoms with Crippen LogP contribution in [0.15, 0.2) is 5.29 Å². The fraction of sp³-hybridized carbons (Fsp3) is 1.00. The van der Waals surface area contributed by atoms with Gasteiger partial charge in [0, 0.05) is 0 Å². The van der Waals surface area contributed by atoms with Crippen LogP contribution in [-0.4, -0.2) is 7.05 Å². The molecule has 0 amide bonds. The molecule has 6 heteroatoms. The van der Waals surface area contributed by atoms with E-state index < -0.39 is 10.5 Å². The predicted octanol–water partition coefficient (Wildman–Crippen LogP) is -3.02. The van der Waals surface area contributed by atoms with Gasteiger partial charge in [-0.05, 0) is 0 Å². The maximum absolute atomic E-state index is 9.73. The summed E-state index contributed by atoms with van der Waals surface area (Å²) in [6.45, 7) is 0. The number of hydrogen-bond donors (Lipinski definition) is 2. The minimum Gasteiger partial charge on any atom is -0.582 e. The molecule has 2 N–H and O–H groups in total. The first-order valence-corrected chi connectivity index (χ1v) is 1.56. The van der Waals surface area contributed by atoms with Gasteiger partial charge in [-0.2, -0.15) is 5.17 Å². The topological polar surface area (TPSA) is 84.4 Å². The Morgan fingerprint density at radius 3 is 2.00 bits per heavy atom. The van der Waals surface area contributed by atoms with Gasteiger partial charge in [0.2, 0.25) is 5.29 Å². The maximum Gasteiger partial charge on any atom is 0.206 e. The normalized spacial score (nSPS) is 18.1. The lowest BCUT2D eigenvalue weighted by atomic mass is 11.5. The largest absolute Gasteiger partial charge is 0.582 e. The Hall–Kier alpha value is -0.560. The number of rotatable bonds is 2. The summed E-state index contributed by atoms with van der Waals surface area (Å²) in [5.41, 5.74) is 0. The summed E-state index contributed by atoms with van der Waals surface area (Å²) < 4.78 is 0. The fourth-order valence-corrected chi connectivity index (χ4v) is 0.0643. The molecule has 6 nitrogen and oxygen atoms in total. The molecule has 7 heavy (non-hydrogen) atoms. The molecule has 0 saturated heterocycles. The molecule has 0 heterocycles. The molecule has 0 spiro atoms. The zero-order chi connectivity index (χ0) is 5.86. The average molecular weight is 107 g/mol. The van der Waals surface area contributed by atoms with Crippen molar-refractivity contribution in [3.63, 3.8) is 0 Å². The number of quaternary nitrogens is 2. The van der Waals surface area contributed by atoms with Gasteiger partial charge in [-0.15, -0.1) is 0 Å². The van der Waals surface area contributed by atoms with Gasteiger partial charge in [0.05, 0.1) is 0 Å². The summed E-state index contributed by atoms with van der Waals surface area (Å²) in [7, 11) is 0.990. The number of hydroxylamine groups is 1. The molecule has 2 atom stereocenters. The van der Waals surface area contributed by atoms with E-state index in [0.717, 1.165) is 7.05 Å². The summed E-state index contributed by atoms with van der Waals surface area (Å²) >= 11 is 0. The third kappa shape index (κ3) is 2.18. The van der Waals surface area contributed by atoms with E-state index in [4.69, 9.17) is 4.91 Å². The quantitative estimate of drug-likeness (QED) is 0.291. The Morgan fingerprint density at radius 1 is 1.57 bits per heavy atom. The maximum atomic E-state index is 9.73. The van der Waals surface area contributed by atoms with Crippen molar-refractivity contribution in [1.29, 1.82) is 0 Å². The molecule has 0 fully saturated rings. The lowest BCUT2D eigenvalue weighted by Gasteiger charge is -2.19. The van der Waals surface area contributed by atoms with Gasteiger partial charge in [0.25, 0.3) is 0 Å². The van der Waals surface area contributed by atoms with Crippen molar-refractivity contribution in [2.75, 3.05) is 7.05 Å². The Morgan fingerprint density at radius 2 is 2.00 bits per heavy atom. The first-order chi connectivity index (χ1) is 3.18. The summed E-state index contributed by atoms with van der Waals surface area (Å²) in [4.78, 5) is 9.13. The highest BCUT2D eigenvalue weighted by Crippen LogP contribution is 1.21. The minimum absolute atomic E-state index is 0.824. The van der Waals surface area contributed by atoms with E-state index in [1.807, 2.05) is 5.29 Å². The standard InChI is InChI=1S/CH5N3O3/c1-3(6)4(7)2-5/h3-4H,1H3. The third-order valence-corrected chi connectivity index (χ3v) is 0.384. The summed E-state index contributed by atoms with van der Waals surface area (Å²) in [6.07, 6.45) is 0. The molecular weight excluding hydrogens is 102 g/mol. The molecular formula is CH5N3O3. The van der Waals surface area contributed by atoms with Crippen LogP contribution < -0.4 is 10.5 Å². The van der Waals surface area contributed by atoms with E-state index in [9.17, 15) is 10.4 Å². The van der Waals surface area contributed by atoms with Gasteiger partial charge >= 0.3 is 0 Å². The molecule has 0 bridgehead atoms. The molecule has 0 aliphatic heterocycles. The first-order valence-electron chi connectivity index (χ1n) is 1.56. The van der Waals surface area contributed by atoms with Crippen LogP contribution in [-0.2, 0) is 0 Å². The smallest absolute Gasteiger partial charge is 0.206 e. The average Bonchev–Trinajstić information content (AvgIpc) is 1.65. The third-order valence-electron chi connectivity index (χ3n) is 0.384. The highest BCUT2D eigenvalue weighted by molar-refractivity contribution is 3.95. The molecule has 42 valence electrons. The Balaban J connectivity index is 3.33. The van der Waals surface area contributed by atoms with Gasteiger partial charge in [0.1, 0.15) is 7.05 Å². The molecule has 2 unspecified atom stereocenters. The minimum atomic E-state index is -1.22. The summed E-state index contributed by atoms with van der Waals surface area (Å²) in [5.74, 6) is 0. The van der Waals surface area contributed by atoms with E-state index in [0.29, 0.717) is 0 Å². The predicted molar refractivity (Wildman–Crippen MR) is 20.4 cm³/mol. The summed E-state index contributed by atoms with van der Waals surface area (Å²) in [6, 6.07) is 0. The number of nitrogens with zero attached hydrogens (tertiary/aromatic N) is 1. The monoisotopic (exact) mass is 107 g/mol. The number of hydrogen-bond acceptors (Lipinski definition) is 4. The van der Waals surface area contributed by atoms with E-state index in [-0.39, 0.29) is 0 Å². The highest BCUT2D eigenvalue weighted by Gasteiger charge is 1.91. The fourth-order valence-electron chi connectivity index (χ4n) is 0.0643. The molecule has 0 aliphatic rings. The Kier molecular flexibility index (Phi) is 2.38. The van der Waals surface area contributed by atoms with E-state index in [1.165, 1.54) is 0 Å². The Labute approximate surface area is 39.4 Å². The van der Waals surface area contributed by atoms with E-state index in [2.05, 4.69) is 0 Å². The molecule has 0 rings (SSSR count). The van der Waals surface area contributed by atoms with Crippen molar-refractivity contribution < 1.29 is 10.5 Å². The molecule has 0 aliphatic carbocycles. The molecule has 0 radical (unpaired) electrons. The zero-order valence-corrected chi connectivity index (χ0v) is 3.67. The number of nitroso groups, excluding NO2 is 1. The lowest BCUT2D eigenvalue weighted by molar-refractivity contribution is -1.46. The highest BCUT2D eigenvalue weighted by atomic mass is 16.7. The van der Waals surface area contributed by atoms with Crippen LogP contribution in [0.4, 0.5) is 0 Å². The van der Waals surface area contributed by atoms with Crippen molar-refractivity contribution >= 4 is 0 Å². The van der Waals surface area contributed by atoms with Crippen LogP contribution in [0, 0.1) is 15.3 Å². The number of nitrogens with one attached hydrogen (secondary N) is 2. The van der Waals surface area contributed by atoms with E-state index in [1.54, 1.807) is 0 Å². The van der Waals surface area contributed by atoms with Crippen LogP contribution in [0.5, 0.6) is 0 Å². The van der Waals surface area contributed by atoms with E-state index >= 15 is 0 Å². The van der Waals surface area contributed by atoms with Crippen LogP contribution in [0.1, 0.15) is 0 Å². The molecule has 0 aromatic heterocycles. The van der Waals surface area contributed by atoms with Gasteiger partial charge in [-0.3, -0.25) is 0 Å². The molecule has 0 aromatic rings. The van der Waals surface area contributed by atoms with Gasteiger partial charge in [0.15, 0.2) is 0 Å². The molecule has 0 aromatic carbocycles. The van der Waals surface area contributed by atoms with Crippen LogP contribution in [0.25, 0.3) is 0 Å². The molecule has 0 saturated carbocycles. The lowest BCUT2D eigenvalue weighted by Crippen LogP contribution is -3.52. The summed E-state index contributed by atoms with van der Waals surface area (Å²) in [5, 5.41) is 19.2.